The Hall–Kier alpha value is -3.36. The van der Waals surface area contributed by atoms with Gasteiger partial charge in [-0.25, -0.2) is 4.79 Å². The van der Waals surface area contributed by atoms with Crippen LogP contribution in [0.1, 0.15) is 42.5 Å². The first-order valence-corrected chi connectivity index (χ1v) is 9.82. The van der Waals surface area contributed by atoms with Crippen molar-refractivity contribution in [1.82, 2.24) is 16.0 Å². The molecule has 0 atom stereocenters. The molecule has 0 bridgehead atoms. The van der Waals surface area contributed by atoms with E-state index in [0.29, 0.717) is 12.3 Å². The molecule has 1 aliphatic carbocycles. The molecule has 9 nitrogen and oxygen atoms in total. The summed E-state index contributed by atoms with van der Waals surface area (Å²) in [6.07, 6.45) is 7.44. The van der Waals surface area contributed by atoms with Gasteiger partial charge < -0.3 is 20.1 Å². The predicted molar refractivity (Wildman–Crippen MR) is 109 cm³/mol. The first-order chi connectivity index (χ1) is 14.5. The van der Waals surface area contributed by atoms with Crippen molar-refractivity contribution in [3.05, 3.63) is 41.5 Å². The number of nitrogens with one attached hydrogen (secondary N) is 3. The Bertz CT molecular complexity index is 806. The fourth-order valence-electron chi connectivity index (χ4n) is 2.95. The number of hydrogen-bond donors (Lipinski definition) is 3. The number of carbonyl (C=O) groups is 4. The molecule has 1 aromatic carbocycles. The minimum absolute atomic E-state index is 0.270. The van der Waals surface area contributed by atoms with Crippen molar-refractivity contribution in [3.8, 4) is 5.75 Å². The SMILES string of the molecule is COc1ccccc1C(=O)NCC(=O)OCC(=O)NC(=O)NCCC1=CCCCC1. The lowest BCUT2D eigenvalue weighted by Gasteiger charge is -2.13. The van der Waals surface area contributed by atoms with Gasteiger partial charge in [0.15, 0.2) is 6.61 Å². The van der Waals surface area contributed by atoms with Gasteiger partial charge in [0, 0.05) is 6.54 Å². The van der Waals surface area contributed by atoms with Crippen LogP contribution >= 0.6 is 0 Å². The standard InChI is InChI=1S/C21H27N3O6/c1-29-17-10-6-5-9-16(17)20(27)23-13-19(26)30-14-18(25)24-21(28)22-12-11-15-7-3-2-4-8-15/h5-7,9-10H,2-4,8,11-14H2,1H3,(H,23,27)(H2,22,24,25,28). The Morgan fingerprint density at radius 3 is 2.60 bits per heavy atom. The summed E-state index contributed by atoms with van der Waals surface area (Å²) in [5, 5.41) is 7.07. The minimum atomic E-state index is -0.807. The van der Waals surface area contributed by atoms with Crippen molar-refractivity contribution in [2.75, 3.05) is 26.8 Å². The molecule has 0 aromatic heterocycles. The van der Waals surface area contributed by atoms with Crippen LogP contribution in [0.3, 0.4) is 0 Å². The Kier molecular flexibility index (Phi) is 9.36. The number of allylic oxidation sites excluding steroid dienone is 1. The highest BCUT2D eigenvalue weighted by atomic mass is 16.5. The number of amides is 4. The number of ether oxygens (including phenoxy) is 2. The van der Waals surface area contributed by atoms with Crippen molar-refractivity contribution in [2.24, 2.45) is 0 Å². The number of carbonyl (C=O) groups excluding carboxylic acids is 4. The first kappa shape index (κ1) is 22.9. The minimum Gasteiger partial charge on any atom is -0.496 e. The van der Waals surface area contributed by atoms with E-state index in [9.17, 15) is 19.2 Å². The third-order valence-corrected chi connectivity index (χ3v) is 4.48. The summed E-state index contributed by atoms with van der Waals surface area (Å²) in [6.45, 7) is -0.618. The van der Waals surface area contributed by atoms with Crippen LogP contribution in [0.15, 0.2) is 35.9 Å². The zero-order valence-corrected chi connectivity index (χ0v) is 17.0. The molecule has 0 fully saturated rings. The van der Waals surface area contributed by atoms with Gasteiger partial charge in [0.2, 0.25) is 0 Å². The second kappa shape index (κ2) is 12.3. The number of urea groups is 1. The third kappa shape index (κ3) is 7.94. The molecule has 9 heteroatoms. The second-order valence-electron chi connectivity index (χ2n) is 6.71. The number of para-hydroxylation sites is 1. The van der Waals surface area contributed by atoms with E-state index in [4.69, 9.17) is 9.47 Å². The van der Waals surface area contributed by atoms with Gasteiger partial charge in [-0.05, 0) is 44.2 Å². The summed E-state index contributed by atoms with van der Waals surface area (Å²) >= 11 is 0. The predicted octanol–water partition coefficient (Wildman–Crippen LogP) is 1.68. The lowest BCUT2D eigenvalue weighted by molar-refractivity contribution is -0.147. The zero-order chi connectivity index (χ0) is 21.8. The quantitative estimate of drug-likeness (QED) is 0.415. The molecule has 30 heavy (non-hydrogen) atoms. The fourth-order valence-corrected chi connectivity index (χ4v) is 2.95. The molecule has 0 saturated carbocycles. The van der Waals surface area contributed by atoms with Gasteiger partial charge >= 0.3 is 12.0 Å². The Morgan fingerprint density at radius 2 is 1.87 bits per heavy atom. The largest absolute Gasteiger partial charge is 0.496 e. The normalized spacial score (nSPS) is 12.9. The van der Waals surface area contributed by atoms with Gasteiger partial charge in [0.05, 0.1) is 12.7 Å². The third-order valence-electron chi connectivity index (χ3n) is 4.48. The summed E-state index contributed by atoms with van der Waals surface area (Å²) in [5.41, 5.74) is 1.59. The van der Waals surface area contributed by atoms with Crippen LogP contribution in [-0.2, 0) is 14.3 Å². The molecule has 0 heterocycles. The molecule has 162 valence electrons. The van der Waals surface area contributed by atoms with Crippen molar-refractivity contribution in [1.29, 1.82) is 0 Å². The molecule has 1 aliphatic rings. The molecule has 0 spiro atoms. The van der Waals surface area contributed by atoms with E-state index in [2.05, 4.69) is 22.0 Å². The van der Waals surface area contributed by atoms with Crippen LogP contribution in [0, 0.1) is 0 Å². The maximum absolute atomic E-state index is 12.1. The van der Waals surface area contributed by atoms with E-state index in [1.807, 2.05) is 0 Å². The molecule has 2 rings (SSSR count). The molecule has 0 radical (unpaired) electrons. The number of imide groups is 1. The number of esters is 1. The molecule has 0 saturated heterocycles. The summed E-state index contributed by atoms with van der Waals surface area (Å²) in [5.74, 6) is -1.71. The molecule has 0 unspecified atom stereocenters. The van der Waals surface area contributed by atoms with Crippen LogP contribution in [-0.4, -0.2) is 50.6 Å². The second-order valence-corrected chi connectivity index (χ2v) is 6.71. The zero-order valence-electron chi connectivity index (χ0n) is 17.0. The van der Waals surface area contributed by atoms with Crippen molar-refractivity contribution in [2.45, 2.75) is 32.1 Å². The van der Waals surface area contributed by atoms with Crippen LogP contribution in [0.2, 0.25) is 0 Å². The topological polar surface area (TPSA) is 123 Å². The maximum atomic E-state index is 12.1. The van der Waals surface area contributed by atoms with Crippen molar-refractivity contribution in [3.63, 3.8) is 0 Å². The molecule has 0 aliphatic heterocycles. The summed E-state index contributed by atoms with van der Waals surface area (Å²) in [7, 11) is 1.43. The Balaban J connectivity index is 1.61. The maximum Gasteiger partial charge on any atom is 0.325 e. The first-order valence-electron chi connectivity index (χ1n) is 9.82. The number of hydrogen-bond acceptors (Lipinski definition) is 6. The highest BCUT2D eigenvalue weighted by Gasteiger charge is 2.15. The average molecular weight is 417 g/mol. The summed E-state index contributed by atoms with van der Waals surface area (Å²) < 4.78 is 9.84. The molecular weight excluding hydrogens is 390 g/mol. The van der Waals surface area contributed by atoms with E-state index in [1.54, 1.807) is 24.3 Å². The van der Waals surface area contributed by atoms with E-state index in [0.717, 1.165) is 19.3 Å². The van der Waals surface area contributed by atoms with Gasteiger partial charge in [-0.2, -0.15) is 0 Å². The van der Waals surface area contributed by atoms with Gasteiger partial charge in [-0.3, -0.25) is 19.7 Å². The van der Waals surface area contributed by atoms with Crippen molar-refractivity contribution < 1.29 is 28.7 Å². The van der Waals surface area contributed by atoms with E-state index < -0.39 is 37.0 Å². The molecular formula is C21H27N3O6. The molecule has 1 aromatic rings. The Morgan fingerprint density at radius 1 is 1.07 bits per heavy atom. The van der Waals surface area contributed by atoms with Gasteiger partial charge in [0.25, 0.3) is 11.8 Å². The molecule has 3 N–H and O–H groups in total. The number of rotatable bonds is 9. The lowest BCUT2D eigenvalue weighted by Crippen LogP contribution is -2.42. The van der Waals surface area contributed by atoms with Crippen LogP contribution in [0.5, 0.6) is 5.75 Å². The number of benzene rings is 1. The van der Waals surface area contributed by atoms with Crippen LogP contribution < -0.4 is 20.7 Å². The van der Waals surface area contributed by atoms with Crippen LogP contribution in [0.4, 0.5) is 4.79 Å². The van der Waals surface area contributed by atoms with E-state index >= 15 is 0 Å². The highest BCUT2D eigenvalue weighted by Crippen LogP contribution is 2.19. The smallest absolute Gasteiger partial charge is 0.325 e. The van der Waals surface area contributed by atoms with E-state index in [1.165, 1.54) is 25.5 Å². The van der Waals surface area contributed by atoms with Crippen molar-refractivity contribution >= 4 is 23.8 Å². The molecule has 4 amide bonds. The highest BCUT2D eigenvalue weighted by molar-refractivity contribution is 5.98. The Labute approximate surface area is 175 Å². The number of methoxy groups -OCH3 is 1. The van der Waals surface area contributed by atoms with Gasteiger partial charge in [-0.1, -0.05) is 23.8 Å². The lowest BCUT2D eigenvalue weighted by atomic mass is 9.97. The van der Waals surface area contributed by atoms with Gasteiger partial charge in [0.1, 0.15) is 12.3 Å². The summed E-state index contributed by atoms with van der Waals surface area (Å²) in [4.78, 5) is 47.2. The average Bonchev–Trinajstić information content (AvgIpc) is 2.76. The van der Waals surface area contributed by atoms with Gasteiger partial charge in [-0.15, -0.1) is 0 Å². The van der Waals surface area contributed by atoms with E-state index in [-0.39, 0.29) is 5.56 Å². The fraction of sp³-hybridized carbons (Fsp3) is 0.429. The summed E-state index contributed by atoms with van der Waals surface area (Å²) in [6, 6.07) is 5.91. The van der Waals surface area contributed by atoms with Crippen LogP contribution in [0.25, 0.3) is 0 Å². The monoisotopic (exact) mass is 417 g/mol.